The fourth-order valence-corrected chi connectivity index (χ4v) is 2.32. The van der Waals surface area contributed by atoms with Crippen LogP contribution in [0.3, 0.4) is 0 Å². The summed E-state index contributed by atoms with van der Waals surface area (Å²) in [7, 11) is 0. The van der Waals surface area contributed by atoms with E-state index in [1.807, 2.05) is 6.92 Å². The van der Waals surface area contributed by atoms with Gasteiger partial charge in [0, 0.05) is 12.1 Å². The molecule has 14 heavy (non-hydrogen) atoms. The van der Waals surface area contributed by atoms with Crippen molar-refractivity contribution in [1.29, 1.82) is 0 Å². The molecule has 2 atom stereocenters. The van der Waals surface area contributed by atoms with Crippen molar-refractivity contribution in [2.75, 3.05) is 0 Å². The molecule has 84 valence electrons. The van der Waals surface area contributed by atoms with E-state index in [0.717, 1.165) is 18.3 Å². The fraction of sp³-hybridized carbons (Fsp3) is 1.00. The highest BCUT2D eigenvalue weighted by Gasteiger charge is 2.31. The van der Waals surface area contributed by atoms with Crippen LogP contribution in [0.15, 0.2) is 0 Å². The predicted molar refractivity (Wildman–Crippen MR) is 60.2 cm³/mol. The number of hydrogen-bond donors (Lipinski definition) is 2. The first-order chi connectivity index (χ1) is 6.49. The Hall–Kier alpha value is -0.0800. The molecule has 1 fully saturated rings. The Morgan fingerprint density at radius 2 is 1.79 bits per heavy atom. The first kappa shape index (κ1) is 12.0. The van der Waals surface area contributed by atoms with Crippen LogP contribution in [0.2, 0.25) is 0 Å². The zero-order chi connectivity index (χ0) is 10.7. The van der Waals surface area contributed by atoms with Gasteiger partial charge in [-0.25, -0.2) is 0 Å². The van der Waals surface area contributed by atoms with Gasteiger partial charge in [0.15, 0.2) is 0 Å². The molecule has 1 aliphatic rings. The summed E-state index contributed by atoms with van der Waals surface area (Å²) in [4.78, 5) is 0. The van der Waals surface area contributed by atoms with Crippen LogP contribution in [0, 0.1) is 11.8 Å². The molecule has 0 aromatic carbocycles. The van der Waals surface area contributed by atoms with Crippen molar-refractivity contribution in [3.8, 4) is 0 Å². The van der Waals surface area contributed by atoms with Gasteiger partial charge in [-0.3, -0.25) is 0 Å². The van der Waals surface area contributed by atoms with Gasteiger partial charge in [-0.1, -0.05) is 13.8 Å². The molecule has 0 bridgehead atoms. The molecule has 1 aliphatic carbocycles. The predicted octanol–water partition coefficient (Wildman–Crippen LogP) is 2.17. The highest BCUT2D eigenvalue weighted by Crippen LogP contribution is 2.33. The normalized spacial score (nSPS) is 31.3. The van der Waals surface area contributed by atoms with Crippen molar-refractivity contribution in [2.45, 2.75) is 65.1 Å². The summed E-state index contributed by atoms with van der Waals surface area (Å²) in [5, 5.41) is 12.8. The van der Waals surface area contributed by atoms with Gasteiger partial charge < -0.3 is 10.4 Å². The van der Waals surface area contributed by atoms with Crippen molar-refractivity contribution < 1.29 is 5.11 Å². The Morgan fingerprint density at radius 3 is 2.21 bits per heavy atom. The molecule has 1 saturated carbocycles. The van der Waals surface area contributed by atoms with Gasteiger partial charge in [0.2, 0.25) is 0 Å². The van der Waals surface area contributed by atoms with E-state index in [-0.39, 0.29) is 6.10 Å². The molecule has 2 unspecified atom stereocenters. The lowest BCUT2D eigenvalue weighted by molar-refractivity contribution is 0.133. The molecular weight excluding hydrogens is 174 g/mol. The first-order valence-electron chi connectivity index (χ1n) is 5.93. The van der Waals surface area contributed by atoms with Gasteiger partial charge in [-0.05, 0) is 44.9 Å². The first-order valence-corrected chi connectivity index (χ1v) is 5.93. The second kappa shape index (κ2) is 5.13. The summed E-state index contributed by atoms with van der Waals surface area (Å²) in [5.74, 6) is 1.76. The summed E-state index contributed by atoms with van der Waals surface area (Å²) < 4.78 is 0. The quantitative estimate of drug-likeness (QED) is 0.711. The lowest BCUT2D eigenvalue weighted by Crippen LogP contribution is -2.47. The number of rotatable bonds is 5. The van der Waals surface area contributed by atoms with E-state index < -0.39 is 0 Å². The average Bonchev–Trinajstić information content (AvgIpc) is 1.93. The minimum Gasteiger partial charge on any atom is -0.393 e. The maximum Gasteiger partial charge on any atom is 0.0526 e. The molecule has 0 aromatic rings. The summed E-state index contributed by atoms with van der Waals surface area (Å²) in [6.45, 7) is 8.63. The lowest BCUT2D eigenvalue weighted by atomic mass is 9.73. The second-order valence-electron chi connectivity index (χ2n) is 5.32. The third-order valence-corrected chi connectivity index (χ3v) is 3.33. The zero-order valence-corrected chi connectivity index (χ0v) is 9.96. The third kappa shape index (κ3) is 3.58. The molecule has 0 spiro atoms. The molecule has 2 heteroatoms. The van der Waals surface area contributed by atoms with Crippen LogP contribution in [0.25, 0.3) is 0 Å². The fourth-order valence-electron chi connectivity index (χ4n) is 2.32. The van der Waals surface area contributed by atoms with Gasteiger partial charge in [0.25, 0.3) is 0 Å². The van der Waals surface area contributed by atoms with Gasteiger partial charge >= 0.3 is 0 Å². The maximum atomic E-state index is 9.23. The van der Waals surface area contributed by atoms with E-state index in [2.05, 4.69) is 26.1 Å². The molecule has 0 saturated heterocycles. The maximum absolute atomic E-state index is 9.23. The Kier molecular flexibility index (Phi) is 4.39. The summed E-state index contributed by atoms with van der Waals surface area (Å²) in [6.07, 6.45) is 3.32. The number of hydrogen-bond acceptors (Lipinski definition) is 2. The molecule has 1 rings (SSSR count). The van der Waals surface area contributed by atoms with E-state index in [4.69, 9.17) is 0 Å². The largest absolute Gasteiger partial charge is 0.393 e. The molecule has 0 amide bonds. The van der Waals surface area contributed by atoms with Crippen LogP contribution < -0.4 is 5.32 Å². The minimum atomic E-state index is -0.182. The van der Waals surface area contributed by atoms with Crippen LogP contribution >= 0.6 is 0 Å². The highest BCUT2D eigenvalue weighted by molar-refractivity contribution is 4.88. The zero-order valence-electron chi connectivity index (χ0n) is 9.96. The van der Waals surface area contributed by atoms with E-state index in [1.165, 1.54) is 12.8 Å². The standard InChI is InChI=1S/C12H25NO/c1-8(2)11-6-12(7-11)13-9(3)5-10(4)14/h8-14H,5-7H2,1-4H3. The molecular formula is C12H25NO. The van der Waals surface area contributed by atoms with Gasteiger partial charge in [0.1, 0.15) is 0 Å². The lowest BCUT2D eigenvalue weighted by Gasteiger charge is -2.40. The van der Waals surface area contributed by atoms with Crippen LogP contribution in [0.4, 0.5) is 0 Å². The molecule has 0 aliphatic heterocycles. The summed E-state index contributed by atoms with van der Waals surface area (Å²) in [5.41, 5.74) is 0. The number of nitrogens with one attached hydrogen (secondary N) is 1. The molecule has 0 heterocycles. The van der Waals surface area contributed by atoms with Crippen molar-refractivity contribution in [3.05, 3.63) is 0 Å². The Balaban J connectivity index is 2.10. The molecule has 2 N–H and O–H groups in total. The van der Waals surface area contributed by atoms with E-state index in [1.54, 1.807) is 0 Å². The summed E-state index contributed by atoms with van der Waals surface area (Å²) >= 11 is 0. The minimum absolute atomic E-state index is 0.182. The SMILES string of the molecule is CC(O)CC(C)NC1CC(C(C)C)C1. The monoisotopic (exact) mass is 199 g/mol. The Morgan fingerprint density at radius 1 is 1.21 bits per heavy atom. The van der Waals surface area contributed by atoms with Crippen molar-refractivity contribution in [1.82, 2.24) is 5.32 Å². The van der Waals surface area contributed by atoms with Crippen molar-refractivity contribution >= 4 is 0 Å². The molecule has 0 aromatic heterocycles. The van der Waals surface area contributed by atoms with Crippen LogP contribution in [0.1, 0.15) is 47.0 Å². The van der Waals surface area contributed by atoms with Gasteiger partial charge in [0.05, 0.1) is 6.10 Å². The number of aliphatic hydroxyl groups excluding tert-OH is 1. The average molecular weight is 199 g/mol. The molecule has 0 radical (unpaired) electrons. The van der Waals surface area contributed by atoms with Gasteiger partial charge in [-0.15, -0.1) is 0 Å². The van der Waals surface area contributed by atoms with Crippen molar-refractivity contribution in [3.63, 3.8) is 0 Å². The summed E-state index contributed by atoms with van der Waals surface area (Å²) in [6, 6.07) is 1.16. The number of aliphatic hydroxyl groups is 1. The van der Waals surface area contributed by atoms with Crippen molar-refractivity contribution in [2.24, 2.45) is 11.8 Å². The van der Waals surface area contributed by atoms with Crippen LogP contribution in [0.5, 0.6) is 0 Å². The second-order valence-corrected chi connectivity index (χ2v) is 5.32. The topological polar surface area (TPSA) is 32.3 Å². The highest BCUT2D eigenvalue weighted by atomic mass is 16.3. The van der Waals surface area contributed by atoms with E-state index in [9.17, 15) is 5.11 Å². The third-order valence-electron chi connectivity index (χ3n) is 3.33. The smallest absolute Gasteiger partial charge is 0.0526 e. The molecule has 2 nitrogen and oxygen atoms in total. The van der Waals surface area contributed by atoms with E-state index >= 15 is 0 Å². The van der Waals surface area contributed by atoms with Crippen LogP contribution in [-0.4, -0.2) is 23.3 Å². The Bertz CT molecular complexity index is 162. The Labute approximate surface area is 88.1 Å². The van der Waals surface area contributed by atoms with Gasteiger partial charge in [-0.2, -0.15) is 0 Å². The van der Waals surface area contributed by atoms with E-state index in [0.29, 0.717) is 12.1 Å². The van der Waals surface area contributed by atoms with Crippen LogP contribution in [-0.2, 0) is 0 Å².